The molecule has 3 nitrogen and oxygen atoms in total. The Balaban J connectivity index is 1.76. The van der Waals surface area contributed by atoms with Crippen molar-refractivity contribution < 1.29 is 4.79 Å². The van der Waals surface area contributed by atoms with Gasteiger partial charge in [0.05, 0.1) is 6.04 Å². The molecule has 0 bridgehead atoms. The summed E-state index contributed by atoms with van der Waals surface area (Å²) in [5.74, 6) is 0.800. The minimum atomic E-state index is 0.000574. The number of carbonyl (C=O) groups is 1. The fourth-order valence-corrected chi connectivity index (χ4v) is 2.64. The summed E-state index contributed by atoms with van der Waals surface area (Å²) in [6.45, 7) is 6.00. The lowest BCUT2D eigenvalue weighted by atomic mass is 9.94. The molecule has 1 heterocycles. The average molecular weight is 260 g/mol. The molecule has 1 amide bonds. The highest BCUT2D eigenvalue weighted by Crippen LogP contribution is 2.15. The molecule has 0 spiro atoms. The molecule has 3 heteroatoms. The first-order chi connectivity index (χ1) is 9.16. The van der Waals surface area contributed by atoms with E-state index in [4.69, 9.17) is 0 Å². The summed E-state index contributed by atoms with van der Waals surface area (Å²) >= 11 is 0. The SMILES string of the molecule is Cc1ccccc1CCNC(=O)C1CC(C)CCN1. The maximum absolute atomic E-state index is 12.0. The number of hydrogen-bond donors (Lipinski definition) is 2. The van der Waals surface area contributed by atoms with Crippen molar-refractivity contribution >= 4 is 5.91 Å². The molecule has 1 fully saturated rings. The van der Waals surface area contributed by atoms with Gasteiger partial charge in [-0.15, -0.1) is 0 Å². The molecule has 2 atom stereocenters. The Morgan fingerprint density at radius 1 is 1.42 bits per heavy atom. The molecule has 2 unspecified atom stereocenters. The fourth-order valence-electron chi connectivity index (χ4n) is 2.64. The molecule has 0 saturated carbocycles. The minimum Gasteiger partial charge on any atom is -0.354 e. The molecule has 2 rings (SSSR count). The van der Waals surface area contributed by atoms with E-state index in [1.807, 2.05) is 6.07 Å². The van der Waals surface area contributed by atoms with E-state index < -0.39 is 0 Å². The van der Waals surface area contributed by atoms with Crippen LogP contribution in [0.4, 0.5) is 0 Å². The number of piperidine rings is 1. The third-order valence-electron chi connectivity index (χ3n) is 3.94. The lowest BCUT2D eigenvalue weighted by molar-refractivity contribution is -0.124. The van der Waals surface area contributed by atoms with Gasteiger partial charge in [0.2, 0.25) is 5.91 Å². The Morgan fingerprint density at radius 2 is 2.21 bits per heavy atom. The lowest BCUT2D eigenvalue weighted by Crippen LogP contribution is -2.48. The molecule has 2 N–H and O–H groups in total. The number of nitrogens with one attached hydrogen (secondary N) is 2. The molecule has 0 aliphatic carbocycles. The Hall–Kier alpha value is -1.35. The van der Waals surface area contributed by atoms with Crippen LogP contribution in [0.3, 0.4) is 0 Å². The van der Waals surface area contributed by atoms with Crippen molar-refractivity contribution in [2.45, 2.75) is 39.2 Å². The van der Waals surface area contributed by atoms with Crippen molar-refractivity contribution in [1.29, 1.82) is 0 Å². The highest BCUT2D eigenvalue weighted by Gasteiger charge is 2.23. The van der Waals surface area contributed by atoms with Gasteiger partial charge in [0.1, 0.15) is 0 Å². The number of aryl methyl sites for hydroxylation is 1. The van der Waals surface area contributed by atoms with Gasteiger partial charge in [-0.1, -0.05) is 31.2 Å². The number of amides is 1. The molecule has 1 aromatic rings. The molecular weight excluding hydrogens is 236 g/mol. The zero-order valence-corrected chi connectivity index (χ0v) is 11.9. The second kappa shape index (κ2) is 6.71. The molecule has 1 aliphatic rings. The van der Waals surface area contributed by atoms with Crippen molar-refractivity contribution in [3.05, 3.63) is 35.4 Å². The van der Waals surface area contributed by atoms with E-state index in [0.29, 0.717) is 5.92 Å². The topological polar surface area (TPSA) is 41.1 Å². The van der Waals surface area contributed by atoms with E-state index in [1.165, 1.54) is 17.5 Å². The first-order valence-corrected chi connectivity index (χ1v) is 7.22. The van der Waals surface area contributed by atoms with Crippen LogP contribution in [0.15, 0.2) is 24.3 Å². The molecule has 19 heavy (non-hydrogen) atoms. The first-order valence-electron chi connectivity index (χ1n) is 7.22. The van der Waals surface area contributed by atoms with Gasteiger partial charge >= 0.3 is 0 Å². The highest BCUT2D eigenvalue weighted by atomic mass is 16.2. The Bertz CT molecular complexity index is 431. The number of carbonyl (C=O) groups excluding carboxylic acids is 1. The third-order valence-corrected chi connectivity index (χ3v) is 3.94. The number of rotatable bonds is 4. The number of benzene rings is 1. The summed E-state index contributed by atoms with van der Waals surface area (Å²) in [6.07, 6.45) is 3.03. The van der Waals surface area contributed by atoms with Crippen LogP contribution in [0.25, 0.3) is 0 Å². The maximum Gasteiger partial charge on any atom is 0.237 e. The highest BCUT2D eigenvalue weighted by molar-refractivity contribution is 5.81. The van der Waals surface area contributed by atoms with Gasteiger partial charge in [-0.25, -0.2) is 0 Å². The van der Waals surface area contributed by atoms with Gasteiger partial charge in [-0.2, -0.15) is 0 Å². The van der Waals surface area contributed by atoms with Crippen LogP contribution in [-0.2, 0) is 11.2 Å². The molecule has 1 aromatic carbocycles. The fraction of sp³-hybridized carbons (Fsp3) is 0.562. The molecular formula is C16H24N2O. The van der Waals surface area contributed by atoms with E-state index in [9.17, 15) is 4.79 Å². The summed E-state index contributed by atoms with van der Waals surface area (Å²) in [5.41, 5.74) is 2.61. The third kappa shape index (κ3) is 4.06. The van der Waals surface area contributed by atoms with Crippen LogP contribution in [-0.4, -0.2) is 25.0 Å². The lowest BCUT2D eigenvalue weighted by Gasteiger charge is -2.27. The monoisotopic (exact) mass is 260 g/mol. The van der Waals surface area contributed by atoms with Crippen molar-refractivity contribution in [1.82, 2.24) is 10.6 Å². The van der Waals surface area contributed by atoms with Crippen LogP contribution in [0.5, 0.6) is 0 Å². The Kier molecular flexibility index (Phi) is 4.97. The van der Waals surface area contributed by atoms with Gasteiger partial charge < -0.3 is 10.6 Å². The minimum absolute atomic E-state index is 0.000574. The smallest absolute Gasteiger partial charge is 0.237 e. The summed E-state index contributed by atoms with van der Waals surface area (Å²) < 4.78 is 0. The van der Waals surface area contributed by atoms with Gasteiger partial charge in [0.15, 0.2) is 0 Å². The van der Waals surface area contributed by atoms with E-state index in [0.717, 1.165) is 25.9 Å². The van der Waals surface area contributed by atoms with Crippen molar-refractivity contribution in [3.63, 3.8) is 0 Å². The van der Waals surface area contributed by atoms with Gasteiger partial charge in [0.25, 0.3) is 0 Å². The number of hydrogen-bond acceptors (Lipinski definition) is 2. The normalized spacial score (nSPS) is 23.1. The van der Waals surface area contributed by atoms with Crippen molar-refractivity contribution in [2.75, 3.05) is 13.1 Å². The quantitative estimate of drug-likeness (QED) is 0.870. The van der Waals surface area contributed by atoms with Gasteiger partial charge in [-0.3, -0.25) is 4.79 Å². The second-order valence-electron chi connectivity index (χ2n) is 5.60. The van der Waals surface area contributed by atoms with E-state index in [1.54, 1.807) is 0 Å². The van der Waals surface area contributed by atoms with Crippen molar-refractivity contribution in [2.24, 2.45) is 5.92 Å². The second-order valence-corrected chi connectivity index (χ2v) is 5.60. The predicted octanol–water partition coefficient (Wildman–Crippen LogP) is 2.04. The summed E-state index contributed by atoms with van der Waals surface area (Å²) in [5, 5.41) is 6.34. The van der Waals surface area contributed by atoms with Crippen molar-refractivity contribution in [3.8, 4) is 0 Å². The molecule has 0 radical (unpaired) electrons. The maximum atomic E-state index is 12.0. The van der Waals surface area contributed by atoms with Crippen LogP contribution < -0.4 is 10.6 Å². The van der Waals surface area contributed by atoms with Crippen LogP contribution in [0.2, 0.25) is 0 Å². The van der Waals surface area contributed by atoms with Gasteiger partial charge in [-0.05, 0) is 49.8 Å². The molecule has 1 aliphatic heterocycles. The van der Waals surface area contributed by atoms with Crippen LogP contribution in [0.1, 0.15) is 30.9 Å². The van der Waals surface area contributed by atoms with Gasteiger partial charge in [0, 0.05) is 6.54 Å². The summed E-state index contributed by atoms with van der Waals surface area (Å²) in [6, 6.07) is 8.34. The van der Waals surface area contributed by atoms with Crippen LogP contribution >= 0.6 is 0 Å². The zero-order valence-electron chi connectivity index (χ0n) is 11.9. The Labute approximate surface area is 115 Å². The van der Waals surface area contributed by atoms with E-state index in [2.05, 4.69) is 42.7 Å². The molecule has 104 valence electrons. The summed E-state index contributed by atoms with van der Waals surface area (Å²) in [7, 11) is 0. The molecule has 0 aromatic heterocycles. The largest absolute Gasteiger partial charge is 0.354 e. The van der Waals surface area contributed by atoms with Crippen LogP contribution in [0, 0.1) is 12.8 Å². The van der Waals surface area contributed by atoms with E-state index in [-0.39, 0.29) is 11.9 Å². The summed E-state index contributed by atoms with van der Waals surface area (Å²) in [4.78, 5) is 12.0. The predicted molar refractivity (Wildman–Crippen MR) is 78.1 cm³/mol. The zero-order chi connectivity index (χ0) is 13.7. The first kappa shape index (κ1) is 14.1. The Morgan fingerprint density at radius 3 is 2.95 bits per heavy atom. The van der Waals surface area contributed by atoms with E-state index >= 15 is 0 Å². The molecule has 1 saturated heterocycles. The standard InChI is InChI=1S/C16H24N2O/c1-12-7-9-17-15(11-12)16(19)18-10-8-14-6-4-3-5-13(14)2/h3-6,12,15,17H,7-11H2,1-2H3,(H,18,19). The average Bonchev–Trinajstić information content (AvgIpc) is 2.41.